The van der Waals surface area contributed by atoms with Gasteiger partial charge in [-0.2, -0.15) is 0 Å². The fourth-order valence-corrected chi connectivity index (χ4v) is 3.47. The van der Waals surface area contributed by atoms with Gasteiger partial charge in [-0.1, -0.05) is 17.7 Å². The molecule has 2 aromatic carbocycles. The summed E-state index contributed by atoms with van der Waals surface area (Å²) in [6, 6.07) is 7.95. The third kappa shape index (κ3) is 3.52. The van der Waals surface area contributed by atoms with E-state index in [4.69, 9.17) is 21.1 Å². The molecule has 10 heteroatoms. The van der Waals surface area contributed by atoms with Crippen LogP contribution in [0.1, 0.15) is 12.5 Å². The lowest BCUT2D eigenvalue weighted by molar-refractivity contribution is -0.133. The maximum Gasteiger partial charge on any atom is 0.325 e. The van der Waals surface area contributed by atoms with Gasteiger partial charge < -0.3 is 20.1 Å². The molecule has 0 aromatic heterocycles. The minimum atomic E-state index is -1.39. The lowest BCUT2D eigenvalue weighted by atomic mass is 9.91. The Balaban J connectivity index is 1.51. The molecule has 2 aromatic rings. The smallest absolute Gasteiger partial charge is 0.325 e. The predicted octanol–water partition coefficient (Wildman–Crippen LogP) is 2.66. The number of nitrogens with one attached hydrogen (secondary N) is 2. The number of hydrogen-bond acceptors (Lipinski definition) is 5. The van der Waals surface area contributed by atoms with Crippen molar-refractivity contribution in [2.75, 3.05) is 25.1 Å². The van der Waals surface area contributed by atoms with Crippen LogP contribution in [0.2, 0.25) is 5.02 Å². The standard InChI is InChI=1S/C20H17ClFN3O5/c1-20(11-2-5-15-16(8-11)30-7-6-29-15)18(27)25(19(28)24-20)10-17(26)23-14-4-3-12(21)9-13(14)22/h2-5,8-9H,6-7,10H2,1H3,(H,23,26)(H,24,28)/t20-/m1/s1. The Bertz CT molecular complexity index is 1060. The van der Waals surface area contributed by atoms with Crippen molar-refractivity contribution in [3.63, 3.8) is 0 Å². The van der Waals surface area contributed by atoms with Crippen LogP contribution < -0.4 is 20.1 Å². The second-order valence-corrected chi connectivity index (χ2v) is 7.41. The van der Waals surface area contributed by atoms with Gasteiger partial charge in [-0.25, -0.2) is 9.18 Å². The van der Waals surface area contributed by atoms with Crippen LogP contribution in [0.3, 0.4) is 0 Å². The fraction of sp³-hybridized carbons (Fsp3) is 0.250. The van der Waals surface area contributed by atoms with Crippen LogP contribution in [0.5, 0.6) is 11.5 Å². The number of hydrogen-bond donors (Lipinski definition) is 2. The molecule has 8 nitrogen and oxygen atoms in total. The summed E-state index contributed by atoms with van der Waals surface area (Å²) in [5, 5.41) is 5.12. The summed E-state index contributed by atoms with van der Waals surface area (Å²) in [4.78, 5) is 38.5. The number of imide groups is 1. The average molecular weight is 434 g/mol. The summed E-state index contributed by atoms with van der Waals surface area (Å²) in [6.07, 6.45) is 0. The van der Waals surface area contributed by atoms with E-state index in [9.17, 15) is 18.8 Å². The highest BCUT2D eigenvalue weighted by Gasteiger charge is 2.49. The topological polar surface area (TPSA) is 97.0 Å². The van der Waals surface area contributed by atoms with Gasteiger partial charge in [0.25, 0.3) is 5.91 Å². The number of halogens is 2. The minimum absolute atomic E-state index is 0.106. The van der Waals surface area contributed by atoms with Gasteiger partial charge in [0.2, 0.25) is 5.91 Å². The van der Waals surface area contributed by atoms with Gasteiger partial charge >= 0.3 is 6.03 Å². The number of ether oxygens (including phenoxy) is 2. The van der Waals surface area contributed by atoms with Crippen molar-refractivity contribution >= 4 is 35.1 Å². The fourth-order valence-electron chi connectivity index (χ4n) is 3.31. The Kier molecular flexibility index (Phi) is 4.98. The highest BCUT2D eigenvalue weighted by molar-refractivity contribution is 6.30. The van der Waals surface area contributed by atoms with Crippen molar-refractivity contribution in [2.24, 2.45) is 0 Å². The van der Waals surface area contributed by atoms with Crippen molar-refractivity contribution in [1.29, 1.82) is 0 Å². The average Bonchev–Trinajstić information content (AvgIpc) is 2.94. The molecular formula is C20H17ClFN3O5. The van der Waals surface area contributed by atoms with E-state index in [1.807, 2.05) is 0 Å². The molecule has 0 radical (unpaired) electrons. The predicted molar refractivity (Wildman–Crippen MR) is 105 cm³/mol. The lowest BCUT2D eigenvalue weighted by Gasteiger charge is -2.25. The number of carbonyl (C=O) groups is 3. The number of rotatable bonds is 4. The second-order valence-electron chi connectivity index (χ2n) is 6.98. The van der Waals surface area contributed by atoms with E-state index in [1.165, 1.54) is 19.1 Å². The maximum absolute atomic E-state index is 13.9. The molecule has 156 valence electrons. The second kappa shape index (κ2) is 7.49. The zero-order valence-corrected chi connectivity index (χ0v) is 16.6. The van der Waals surface area contributed by atoms with Gasteiger partial charge in [0.15, 0.2) is 11.5 Å². The molecule has 1 fully saturated rings. The third-order valence-electron chi connectivity index (χ3n) is 4.90. The van der Waals surface area contributed by atoms with Gasteiger partial charge in [-0.05, 0) is 42.8 Å². The molecule has 0 bridgehead atoms. The molecule has 2 heterocycles. The van der Waals surface area contributed by atoms with Crippen molar-refractivity contribution in [3.05, 3.63) is 52.8 Å². The summed E-state index contributed by atoms with van der Waals surface area (Å²) in [7, 11) is 0. The molecule has 1 saturated heterocycles. The van der Waals surface area contributed by atoms with Crippen LogP contribution in [-0.2, 0) is 15.1 Å². The summed E-state index contributed by atoms with van der Waals surface area (Å²) in [6.45, 7) is 1.76. The highest BCUT2D eigenvalue weighted by Crippen LogP contribution is 2.36. The Morgan fingerprint density at radius 1 is 1.20 bits per heavy atom. The zero-order valence-electron chi connectivity index (χ0n) is 15.8. The summed E-state index contributed by atoms with van der Waals surface area (Å²) in [5.41, 5.74) is -1.01. The van der Waals surface area contributed by atoms with Crippen molar-refractivity contribution in [1.82, 2.24) is 10.2 Å². The van der Waals surface area contributed by atoms with Crippen LogP contribution in [0, 0.1) is 5.82 Å². The molecule has 4 amide bonds. The van der Waals surface area contributed by atoms with Crippen LogP contribution in [-0.4, -0.2) is 42.5 Å². The summed E-state index contributed by atoms with van der Waals surface area (Å²) < 4.78 is 24.9. The Morgan fingerprint density at radius 2 is 1.93 bits per heavy atom. The monoisotopic (exact) mass is 433 g/mol. The van der Waals surface area contributed by atoms with E-state index < -0.39 is 35.7 Å². The number of urea groups is 1. The summed E-state index contributed by atoms with van der Waals surface area (Å²) >= 11 is 5.69. The van der Waals surface area contributed by atoms with Crippen LogP contribution >= 0.6 is 11.6 Å². The third-order valence-corrected chi connectivity index (χ3v) is 5.14. The molecule has 1 atom stereocenters. The molecular weight excluding hydrogens is 417 g/mol. The van der Waals surface area contributed by atoms with Crippen molar-refractivity contribution in [2.45, 2.75) is 12.5 Å². The zero-order chi connectivity index (χ0) is 21.5. The molecule has 4 rings (SSSR count). The van der Waals surface area contributed by atoms with E-state index in [0.717, 1.165) is 11.0 Å². The van der Waals surface area contributed by atoms with Crippen LogP contribution in [0.4, 0.5) is 14.9 Å². The van der Waals surface area contributed by atoms with E-state index in [1.54, 1.807) is 18.2 Å². The van der Waals surface area contributed by atoms with Crippen molar-refractivity contribution in [3.8, 4) is 11.5 Å². The number of carbonyl (C=O) groups excluding carboxylic acids is 3. The first-order valence-corrected chi connectivity index (χ1v) is 9.45. The Morgan fingerprint density at radius 3 is 2.67 bits per heavy atom. The quantitative estimate of drug-likeness (QED) is 0.722. The number of anilines is 1. The van der Waals surface area contributed by atoms with E-state index in [-0.39, 0.29) is 10.7 Å². The minimum Gasteiger partial charge on any atom is -0.486 e. The molecule has 0 unspecified atom stereocenters. The van der Waals surface area contributed by atoms with Crippen LogP contribution in [0.25, 0.3) is 0 Å². The SMILES string of the molecule is C[C@]1(c2ccc3c(c2)OCCO3)NC(=O)N(CC(=O)Nc2ccc(Cl)cc2F)C1=O. The number of amides is 4. The Hall–Kier alpha value is -3.33. The van der Waals surface area contributed by atoms with Gasteiger partial charge in [-0.15, -0.1) is 0 Å². The first kappa shape index (κ1) is 20.0. The molecule has 30 heavy (non-hydrogen) atoms. The van der Waals surface area contributed by atoms with Crippen molar-refractivity contribution < 1.29 is 28.2 Å². The highest BCUT2D eigenvalue weighted by atomic mass is 35.5. The normalized spacial score (nSPS) is 20.2. The number of nitrogens with zero attached hydrogens (tertiary/aromatic N) is 1. The first-order valence-electron chi connectivity index (χ1n) is 9.07. The molecule has 0 spiro atoms. The molecule has 0 saturated carbocycles. The Labute approximate surface area is 175 Å². The first-order chi connectivity index (χ1) is 14.3. The van der Waals surface area contributed by atoms with E-state index in [0.29, 0.717) is 30.3 Å². The van der Waals surface area contributed by atoms with Gasteiger partial charge in [-0.3, -0.25) is 14.5 Å². The molecule has 0 aliphatic carbocycles. The number of fused-ring (bicyclic) bond motifs is 1. The molecule has 2 aliphatic heterocycles. The van der Waals surface area contributed by atoms with Gasteiger partial charge in [0, 0.05) is 5.02 Å². The maximum atomic E-state index is 13.9. The number of benzene rings is 2. The van der Waals surface area contributed by atoms with E-state index in [2.05, 4.69) is 10.6 Å². The lowest BCUT2D eigenvalue weighted by Crippen LogP contribution is -2.42. The van der Waals surface area contributed by atoms with E-state index >= 15 is 0 Å². The molecule has 2 aliphatic rings. The largest absolute Gasteiger partial charge is 0.486 e. The van der Waals surface area contributed by atoms with Crippen LogP contribution in [0.15, 0.2) is 36.4 Å². The van der Waals surface area contributed by atoms with Gasteiger partial charge in [0.05, 0.1) is 5.69 Å². The molecule has 2 N–H and O–H groups in total. The summed E-state index contributed by atoms with van der Waals surface area (Å²) in [5.74, 6) is -1.06. The van der Waals surface area contributed by atoms with Gasteiger partial charge in [0.1, 0.15) is 31.1 Å².